The number of hydrogen-bond donors (Lipinski definition) is 1. The average molecular weight is 221 g/mol. The van der Waals surface area contributed by atoms with Crippen LogP contribution >= 0.6 is 0 Å². The molecule has 0 amide bonds. The zero-order valence-electron chi connectivity index (χ0n) is 10.2. The van der Waals surface area contributed by atoms with Gasteiger partial charge in [0.25, 0.3) is 0 Å². The Bertz CT molecular complexity index is 311. The van der Waals surface area contributed by atoms with Gasteiger partial charge in [0.15, 0.2) is 0 Å². The van der Waals surface area contributed by atoms with Crippen molar-refractivity contribution in [1.82, 2.24) is 9.47 Å². The number of hydrogen-bond acceptors (Lipinski definition) is 2. The largest absolute Gasteiger partial charge is 0.349 e. The van der Waals surface area contributed by atoms with Gasteiger partial charge in [-0.15, -0.1) is 0 Å². The highest BCUT2D eigenvalue weighted by Gasteiger charge is 2.11. The summed E-state index contributed by atoms with van der Waals surface area (Å²) in [5.74, 6) is 0. The molecule has 1 atom stereocenters. The summed E-state index contributed by atoms with van der Waals surface area (Å²) in [5, 5.41) is 0. The molecule has 1 saturated heterocycles. The van der Waals surface area contributed by atoms with Crippen LogP contribution < -0.4 is 5.73 Å². The maximum atomic E-state index is 5.93. The predicted molar refractivity (Wildman–Crippen MR) is 67.3 cm³/mol. The van der Waals surface area contributed by atoms with E-state index in [9.17, 15) is 0 Å². The third-order valence-corrected chi connectivity index (χ3v) is 3.44. The van der Waals surface area contributed by atoms with Gasteiger partial charge in [-0.3, -0.25) is 0 Å². The smallest absolute Gasteiger partial charge is 0.0421 e. The van der Waals surface area contributed by atoms with Crippen LogP contribution in [0.4, 0.5) is 0 Å². The molecule has 0 radical (unpaired) electrons. The molecule has 1 unspecified atom stereocenters. The normalized spacial score (nSPS) is 19.9. The SMILES string of the molecule is CC(N)c1cccn1CCN1CCCCC1. The molecule has 16 heavy (non-hydrogen) atoms. The summed E-state index contributed by atoms with van der Waals surface area (Å²) in [4.78, 5) is 2.56. The van der Waals surface area contributed by atoms with Gasteiger partial charge in [0.1, 0.15) is 0 Å². The minimum Gasteiger partial charge on any atom is -0.349 e. The number of nitrogens with two attached hydrogens (primary N) is 1. The zero-order chi connectivity index (χ0) is 11.4. The van der Waals surface area contributed by atoms with Gasteiger partial charge < -0.3 is 15.2 Å². The van der Waals surface area contributed by atoms with Crippen LogP contribution in [0.5, 0.6) is 0 Å². The highest BCUT2D eigenvalue weighted by atomic mass is 15.1. The zero-order valence-corrected chi connectivity index (χ0v) is 10.2. The van der Waals surface area contributed by atoms with Crippen LogP contribution in [0.25, 0.3) is 0 Å². The molecule has 0 aromatic carbocycles. The second kappa shape index (κ2) is 5.51. The van der Waals surface area contributed by atoms with Gasteiger partial charge in [-0.05, 0) is 45.0 Å². The van der Waals surface area contributed by atoms with Crippen molar-refractivity contribution in [2.45, 2.75) is 38.8 Å². The Balaban J connectivity index is 1.86. The molecule has 2 rings (SSSR count). The van der Waals surface area contributed by atoms with Crippen molar-refractivity contribution < 1.29 is 0 Å². The molecule has 1 fully saturated rings. The fourth-order valence-corrected chi connectivity index (χ4v) is 2.48. The average Bonchev–Trinajstić information content (AvgIpc) is 2.76. The number of piperidine rings is 1. The van der Waals surface area contributed by atoms with E-state index in [2.05, 4.69) is 27.8 Å². The summed E-state index contributed by atoms with van der Waals surface area (Å²) in [5.41, 5.74) is 7.18. The first-order valence-electron chi connectivity index (χ1n) is 6.40. The molecule has 0 bridgehead atoms. The van der Waals surface area contributed by atoms with Crippen molar-refractivity contribution in [1.29, 1.82) is 0 Å². The first kappa shape index (κ1) is 11.7. The van der Waals surface area contributed by atoms with Crippen molar-refractivity contribution in [2.24, 2.45) is 5.73 Å². The van der Waals surface area contributed by atoms with E-state index in [0.717, 1.165) is 13.1 Å². The summed E-state index contributed by atoms with van der Waals surface area (Å²) >= 11 is 0. The Morgan fingerprint density at radius 2 is 2.00 bits per heavy atom. The summed E-state index contributed by atoms with van der Waals surface area (Å²) in [7, 11) is 0. The van der Waals surface area contributed by atoms with E-state index in [1.165, 1.54) is 38.0 Å². The topological polar surface area (TPSA) is 34.2 Å². The number of nitrogens with zero attached hydrogens (tertiary/aromatic N) is 2. The first-order chi connectivity index (χ1) is 7.77. The first-order valence-corrected chi connectivity index (χ1v) is 6.40. The van der Waals surface area contributed by atoms with Gasteiger partial charge in [-0.2, -0.15) is 0 Å². The molecular weight excluding hydrogens is 198 g/mol. The van der Waals surface area contributed by atoms with Crippen LogP contribution in [-0.2, 0) is 6.54 Å². The molecule has 1 aliphatic rings. The van der Waals surface area contributed by atoms with Crippen LogP contribution in [0.3, 0.4) is 0 Å². The monoisotopic (exact) mass is 221 g/mol. The van der Waals surface area contributed by atoms with Gasteiger partial charge >= 0.3 is 0 Å². The van der Waals surface area contributed by atoms with Crippen molar-refractivity contribution in [2.75, 3.05) is 19.6 Å². The van der Waals surface area contributed by atoms with Crippen molar-refractivity contribution >= 4 is 0 Å². The van der Waals surface area contributed by atoms with Gasteiger partial charge in [-0.1, -0.05) is 6.42 Å². The summed E-state index contributed by atoms with van der Waals surface area (Å²) in [6.45, 7) is 6.83. The standard InChI is InChI=1S/C13H23N3/c1-12(14)13-6-5-9-16(13)11-10-15-7-3-2-4-8-15/h5-6,9,12H,2-4,7-8,10-11,14H2,1H3. The third kappa shape index (κ3) is 2.86. The Morgan fingerprint density at radius 3 is 2.69 bits per heavy atom. The molecule has 0 saturated carbocycles. The van der Waals surface area contributed by atoms with E-state index in [-0.39, 0.29) is 6.04 Å². The lowest BCUT2D eigenvalue weighted by Crippen LogP contribution is -2.32. The van der Waals surface area contributed by atoms with Crippen LogP contribution in [0.15, 0.2) is 18.3 Å². The number of likely N-dealkylation sites (tertiary alicyclic amines) is 1. The molecule has 1 aromatic rings. The van der Waals surface area contributed by atoms with E-state index in [1.54, 1.807) is 0 Å². The molecule has 0 aliphatic carbocycles. The predicted octanol–water partition coefficient (Wildman–Crippen LogP) is 1.99. The van der Waals surface area contributed by atoms with Crippen molar-refractivity contribution in [3.05, 3.63) is 24.0 Å². The summed E-state index contributed by atoms with van der Waals surface area (Å²) in [6.07, 6.45) is 6.28. The molecular formula is C13H23N3. The summed E-state index contributed by atoms with van der Waals surface area (Å²) in [6, 6.07) is 4.35. The van der Waals surface area contributed by atoms with E-state index < -0.39 is 0 Å². The number of aromatic nitrogens is 1. The Kier molecular flexibility index (Phi) is 4.02. The fourth-order valence-electron chi connectivity index (χ4n) is 2.48. The third-order valence-electron chi connectivity index (χ3n) is 3.44. The van der Waals surface area contributed by atoms with Gasteiger partial charge in [-0.25, -0.2) is 0 Å². The van der Waals surface area contributed by atoms with Crippen LogP contribution in [0.1, 0.15) is 37.9 Å². The molecule has 1 aromatic heterocycles. The Hall–Kier alpha value is -0.800. The van der Waals surface area contributed by atoms with E-state index in [4.69, 9.17) is 5.73 Å². The molecule has 2 heterocycles. The lowest BCUT2D eigenvalue weighted by molar-refractivity contribution is 0.220. The highest BCUT2D eigenvalue weighted by molar-refractivity contribution is 5.10. The maximum absolute atomic E-state index is 5.93. The summed E-state index contributed by atoms with van der Waals surface area (Å²) < 4.78 is 2.29. The lowest BCUT2D eigenvalue weighted by Gasteiger charge is -2.27. The van der Waals surface area contributed by atoms with Crippen LogP contribution in [0, 0.1) is 0 Å². The van der Waals surface area contributed by atoms with E-state index in [0.29, 0.717) is 0 Å². The second-order valence-electron chi connectivity index (χ2n) is 4.82. The van der Waals surface area contributed by atoms with Crippen molar-refractivity contribution in [3.8, 4) is 0 Å². The molecule has 3 heteroatoms. The van der Waals surface area contributed by atoms with Crippen molar-refractivity contribution in [3.63, 3.8) is 0 Å². The Labute approximate surface area is 98.2 Å². The lowest BCUT2D eigenvalue weighted by atomic mass is 10.1. The molecule has 1 aliphatic heterocycles. The molecule has 0 spiro atoms. The minimum absolute atomic E-state index is 0.136. The highest BCUT2D eigenvalue weighted by Crippen LogP contribution is 2.12. The van der Waals surface area contributed by atoms with Crippen LogP contribution in [0.2, 0.25) is 0 Å². The minimum atomic E-state index is 0.136. The fraction of sp³-hybridized carbons (Fsp3) is 0.692. The maximum Gasteiger partial charge on any atom is 0.0421 e. The quantitative estimate of drug-likeness (QED) is 0.843. The Morgan fingerprint density at radius 1 is 1.25 bits per heavy atom. The molecule has 3 nitrogen and oxygen atoms in total. The van der Waals surface area contributed by atoms with Gasteiger partial charge in [0, 0.05) is 31.0 Å². The van der Waals surface area contributed by atoms with E-state index in [1.807, 2.05) is 6.92 Å². The van der Waals surface area contributed by atoms with Gasteiger partial charge in [0.05, 0.1) is 0 Å². The van der Waals surface area contributed by atoms with Gasteiger partial charge in [0.2, 0.25) is 0 Å². The second-order valence-corrected chi connectivity index (χ2v) is 4.82. The molecule has 90 valence electrons. The molecule has 2 N–H and O–H groups in total. The van der Waals surface area contributed by atoms with E-state index >= 15 is 0 Å². The van der Waals surface area contributed by atoms with Crippen LogP contribution in [-0.4, -0.2) is 29.1 Å². The number of rotatable bonds is 4.